The Kier molecular flexibility index (Phi) is 3.42. The van der Waals surface area contributed by atoms with Crippen LogP contribution in [0.15, 0.2) is 23.6 Å². The molecule has 0 spiro atoms. The molecule has 0 saturated carbocycles. The summed E-state index contributed by atoms with van der Waals surface area (Å²) in [5, 5.41) is 10.2. The number of quaternary nitrogens is 1. The lowest BCUT2D eigenvalue weighted by Gasteiger charge is -2.11. The molecule has 3 rings (SSSR count). The van der Waals surface area contributed by atoms with Crippen molar-refractivity contribution in [1.29, 1.82) is 0 Å². The van der Waals surface area contributed by atoms with E-state index in [2.05, 4.69) is 34.4 Å². The SMILES string of the molecule is Cc1nc2cc(-c3cccs3)nn2c(NCC[NH3+])c1C. The Balaban J connectivity index is 2.17. The molecule has 104 valence electrons. The third-order valence-corrected chi connectivity index (χ3v) is 4.22. The van der Waals surface area contributed by atoms with Crippen molar-refractivity contribution in [1.82, 2.24) is 14.6 Å². The highest BCUT2D eigenvalue weighted by molar-refractivity contribution is 7.13. The predicted molar refractivity (Wildman–Crippen MR) is 82.0 cm³/mol. The largest absolute Gasteiger partial charge is 0.364 e. The molecule has 0 aliphatic carbocycles. The number of hydrogen-bond acceptors (Lipinski definition) is 4. The zero-order chi connectivity index (χ0) is 14.1. The second-order valence-electron chi connectivity index (χ2n) is 4.73. The van der Waals surface area contributed by atoms with Gasteiger partial charge in [0.1, 0.15) is 11.5 Å². The van der Waals surface area contributed by atoms with Crippen molar-refractivity contribution in [3.05, 3.63) is 34.8 Å². The maximum atomic E-state index is 4.69. The quantitative estimate of drug-likeness (QED) is 0.768. The van der Waals surface area contributed by atoms with Crippen LogP contribution in [-0.2, 0) is 0 Å². The molecular weight excluding hydrogens is 270 g/mol. The Bertz CT molecular complexity index is 730. The van der Waals surface area contributed by atoms with Gasteiger partial charge in [-0.2, -0.15) is 9.61 Å². The molecule has 3 aromatic heterocycles. The molecule has 0 saturated heterocycles. The third kappa shape index (κ3) is 2.17. The van der Waals surface area contributed by atoms with Gasteiger partial charge in [-0.1, -0.05) is 6.07 Å². The number of rotatable bonds is 4. The molecule has 0 radical (unpaired) electrons. The van der Waals surface area contributed by atoms with E-state index < -0.39 is 0 Å². The van der Waals surface area contributed by atoms with Crippen molar-refractivity contribution < 1.29 is 5.73 Å². The lowest BCUT2D eigenvalue weighted by Crippen LogP contribution is -2.53. The molecule has 0 aliphatic rings. The van der Waals surface area contributed by atoms with Crippen LogP contribution in [0.5, 0.6) is 0 Å². The fourth-order valence-corrected chi connectivity index (χ4v) is 2.84. The van der Waals surface area contributed by atoms with Crippen LogP contribution in [0.4, 0.5) is 5.82 Å². The highest BCUT2D eigenvalue weighted by atomic mass is 32.1. The van der Waals surface area contributed by atoms with E-state index in [0.717, 1.165) is 46.4 Å². The molecule has 0 fully saturated rings. The average molecular weight is 288 g/mol. The van der Waals surface area contributed by atoms with E-state index in [1.54, 1.807) is 11.3 Å². The van der Waals surface area contributed by atoms with Gasteiger partial charge in [-0.15, -0.1) is 11.3 Å². The first-order valence-corrected chi connectivity index (χ1v) is 7.52. The number of anilines is 1. The van der Waals surface area contributed by atoms with E-state index in [1.807, 2.05) is 23.6 Å². The fraction of sp³-hybridized carbons (Fsp3) is 0.286. The van der Waals surface area contributed by atoms with Crippen molar-refractivity contribution in [2.75, 3.05) is 18.4 Å². The van der Waals surface area contributed by atoms with E-state index in [0.29, 0.717) is 0 Å². The van der Waals surface area contributed by atoms with Gasteiger partial charge in [0.05, 0.1) is 18.0 Å². The number of nitrogens with one attached hydrogen (secondary N) is 1. The maximum Gasteiger partial charge on any atom is 0.158 e. The van der Waals surface area contributed by atoms with Crippen LogP contribution in [0.25, 0.3) is 16.2 Å². The molecule has 0 aliphatic heterocycles. The van der Waals surface area contributed by atoms with Gasteiger partial charge in [0.15, 0.2) is 5.65 Å². The summed E-state index contributed by atoms with van der Waals surface area (Å²) in [4.78, 5) is 5.78. The Hall–Kier alpha value is -1.92. The molecule has 4 N–H and O–H groups in total. The Morgan fingerprint density at radius 1 is 1.40 bits per heavy atom. The summed E-state index contributed by atoms with van der Waals surface area (Å²) in [6.45, 7) is 5.76. The van der Waals surface area contributed by atoms with Crippen molar-refractivity contribution in [3.63, 3.8) is 0 Å². The molecule has 0 unspecified atom stereocenters. The molecule has 0 atom stereocenters. The van der Waals surface area contributed by atoms with Crippen molar-refractivity contribution in [2.45, 2.75) is 13.8 Å². The van der Waals surface area contributed by atoms with Crippen LogP contribution in [0, 0.1) is 13.8 Å². The van der Waals surface area contributed by atoms with Crippen LogP contribution in [0.3, 0.4) is 0 Å². The van der Waals surface area contributed by atoms with E-state index in [-0.39, 0.29) is 0 Å². The minimum atomic E-state index is 0.827. The van der Waals surface area contributed by atoms with Gasteiger partial charge >= 0.3 is 0 Å². The van der Waals surface area contributed by atoms with Crippen LogP contribution >= 0.6 is 11.3 Å². The van der Waals surface area contributed by atoms with Gasteiger partial charge in [-0.3, -0.25) is 0 Å². The van der Waals surface area contributed by atoms with Crippen molar-refractivity contribution >= 4 is 22.8 Å². The van der Waals surface area contributed by atoms with E-state index >= 15 is 0 Å². The topological polar surface area (TPSA) is 69.9 Å². The van der Waals surface area contributed by atoms with Gasteiger partial charge in [0.2, 0.25) is 0 Å². The monoisotopic (exact) mass is 288 g/mol. The minimum absolute atomic E-state index is 0.827. The summed E-state index contributed by atoms with van der Waals surface area (Å²) < 4.78 is 1.90. The third-order valence-electron chi connectivity index (χ3n) is 3.33. The Morgan fingerprint density at radius 3 is 2.95 bits per heavy atom. The van der Waals surface area contributed by atoms with Crippen molar-refractivity contribution in [2.24, 2.45) is 0 Å². The van der Waals surface area contributed by atoms with Crippen LogP contribution in [0.2, 0.25) is 0 Å². The lowest BCUT2D eigenvalue weighted by molar-refractivity contribution is -0.362. The summed E-state index contributed by atoms with van der Waals surface area (Å²) in [5.41, 5.74) is 7.88. The van der Waals surface area contributed by atoms with Crippen LogP contribution in [0.1, 0.15) is 11.3 Å². The van der Waals surface area contributed by atoms with Gasteiger partial charge in [0.25, 0.3) is 0 Å². The second-order valence-corrected chi connectivity index (χ2v) is 5.68. The molecule has 3 heterocycles. The zero-order valence-corrected chi connectivity index (χ0v) is 12.5. The smallest absolute Gasteiger partial charge is 0.158 e. The standard InChI is InChI=1S/C14H17N5S/c1-9-10(2)17-13-8-11(12-4-3-7-20-12)18-19(13)14(9)16-6-5-15/h3-4,7-8,16H,5-6,15H2,1-2H3/p+1. The Morgan fingerprint density at radius 2 is 2.25 bits per heavy atom. The first-order chi connectivity index (χ1) is 9.70. The first kappa shape index (κ1) is 13.1. The van der Waals surface area contributed by atoms with E-state index in [9.17, 15) is 0 Å². The number of aryl methyl sites for hydroxylation is 1. The highest BCUT2D eigenvalue weighted by Crippen LogP contribution is 2.27. The first-order valence-electron chi connectivity index (χ1n) is 6.64. The summed E-state index contributed by atoms with van der Waals surface area (Å²) in [6.07, 6.45) is 0. The molecule has 20 heavy (non-hydrogen) atoms. The van der Waals surface area contributed by atoms with Gasteiger partial charge in [-0.25, -0.2) is 4.98 Å². The number of fused-ring (bicyclic) bond motifs is 1. The average Bonchev–Trinajstić information content (AvgIpc) is 3.07. The van der Waals surface area contributed by atoms with Gasteiger partial charge in [-0.05, 0) is 25.3 Å². The summed E-state index contributed by atoms with van der Waals surface area (Å²) in [6, 6.07) is 6.15. The molecule has 0 amide bonds. The number of thiophene rings is 1. The van der Waals surface area contributed by atoms with E-state index in [4.69, 9.17) is 5.10 Å². The highest BCUT2D eigenvalue weighted by Gasteiger charge is 2.13. The fourth-order valence-electron chi connectivity index (χ4n) is 2.16. The number of aromatic nitrogens is 3. The maximum absolute atomic E-state index is 4.69. The summed E-state index contributed by atoms with van der Waals surface area (Å²) in [7, 11) is 0. The van der Waals surface area contributed by atoms with Crippen LogP contribution < -0.4 is 11.1 Å². The second kappa shape index (κ2) is 5.22. The molecule has 0 aromatic carbocycles. The molecule has 0 bridgehead atoms. The Labute approximate surface area is 121 Å². The molecule has 5 nitrogen and oxygen atoms in total. The van der Waals surface area contributed by atoms with E-state index in [1.165, 1.54) is 0 Å². The number of nitrogens with zero attached hydrogens (tertiary/aromatic N) is 3. The number of hydrogen-bond donors (Lipinski definition) is 2. The van der Waals surface area contributed by atoms with Crippen LogP contribution in [-0.4, -0.2) is 27.7 Å². The predicted octanol–water partition coefficient (Wildman–Crippen LogP) is 1.73. The van der Waals surface area contributed by atoms with Crippen molar-refractivity contribution in [3.8, 4) is 10.6 Å². The molecule has 6 heteroatoms. The summed E-state index contributed by atoms with van der Waals surface area (Å²) >= 11 is 1.69. The minimum Gasteiger partial charge on any atom is -0.364 e. The zero-order valence-electron chi connectivity index (χ0n) is 11.7. The molecule has 3 aromatic rings. The lowest BCUT2D eigenvalue weighted by atomic mass is 10.2. The molecular formula is C14H18N5S+. The normalized spacial score (nSPS) is 11.2. The summed E-state index contributed by atoms with van der Waals surface area (Å²) in [5.74, 6) is 1.01. The van der Waals surface area contributed by atoms with Gasteiger partial charge < -0.3 is 11.1 Å². The van der Waals surface area contributed by atoms with Gasteiger partial charge in [0, 0.05) is 17.3 Å².